The van der Waals surface area contributed by atoms with Crippen LogP contribution in [0.3, 0.4) is 0 Å². The van der Waals surface area contributed by atoms with Crippen molar-refractivity contribution in [3.8, 4) is 0 Å². The van der Waals surface area contributed by atoms with Crippen molar-refractivity contribution >= 4 is 5.97 Å². The second-order valence-corrected chi connectivity index (χ2v) is 2.72. The van der Waals surface area contributed by atoms with E-state index in [1.807, 2.05) is 13.0 Å². The number of hydrogen-bond acceptors (Lipinski definition) is 2. The first-order valence-electron chi connectivity index (χ1n) is 4.71. The van der Waals surface area contributed by atoms with Crippen LogP contribution in [-0.2, 0) is 4.79 Å². The molecule has 0 aliphatic heterocycles. The van der Waals surface area contributed by atoms with Gasteiger partial charge in [-0.3, -0.25) is 4.79 Å². The highest BCUT2D eigenvalue weighted by molar-refractivity contribution is 5.66. The van der Waals surface area contributed by atoms with Gasteiger partial charge in [-0.05, 0) is 25.8 Å². The highest BCUT2D eigenvalue weighted by Gasteiger charge is 1.90. The van der Waals surface area contributed by atoms with Gasteiger partial charge in [0.05, 0.1) is 0 Å². The van der Waals surface area contributed by atoms with Crippen molar-refractivity contribution in [3.63, 3.8) is 0 Å². The molecule has 13 heavy (non-hydrogen) atoms. The maximum absolute atomic E-state index is 9.76. The predicted molar refractivity (Wildman–Crippen MR) is 55.6 cm³/mol. The first-order chi connectivity index (χ1) is 6.18. The summed E-state index contributed by atoms with van der Waals surface area (Å²) in [5.74, 6) is -0.693. The Morgan fingerprint density at radius 1 is 1.54 bits per heavy atom. The quantitative estimate of drug-likeness (QED) is 0.495. The zero-order valence-electron chi connectivity index (χ0n) is 8.46. The van der Waals surface area contributed by atoms with Crippen molar-refractivity contribution in [1.82, 2.24) is 0 Å². The number of carboxylic acid groups (broad SMARTS) is 1. The molecule has 0 aromatic heterocycles. The summed E-state index contributed by atoms with van der Waals surface area (Å²) < 4.78 is 0. The normalized spacial score (nSPS) is 8.46. The Hall–Kier alpha value is -0.830. The van der Waals surface area contributed by atoms with Crippen LogP contribution in [0.1, 0.15) is 39.0 Å². The molecule has 3 N–H and O–H groups in total. The molecular formula is C10H21NO2. The van der Waals surface area contributed by atoms with Gasteiger partial charge < -0.3 is 10.8 Å². The van der Waals surface area contributed by atoms with Crippen LogP contribution in [0.4, 0.5) is 0 Å². The van der Waals surface area contributed by atoms with Gasteiger partial charge in [0.15, 0.2) is 0 Å². The number of aliphatic carboxylic acids is 1. The number of allylic oxidation sites excluding steroid dienone is 1. The van der Waals surface area contributed by atoms with E-state index >= 15 is 0 Å². The van der Waals surface area contributed by atoms with E-state index in [1.165, 1.54) is 0 Å². The minimum absolute atomic E-state index is 0.316. The third-order valence-electron chi connectivity index (χ3n) is 1.36. The lowest BCUT2D eigenvalue weighted by molar-refractivity contribution is -0.137. The van der Waals surface area contributed by atoms with E-state index in [0.717, 1.165) is 32.2 Å². The highest BCUT2D eigenvalue weighted by Crippen LogP contribution is 1.91. The lowest BCUT2D eigenvalue weighted by Crippen LogP contribution is -1.96. The molecule has 0 saturated carbocycles. The fourth-order valence-corrected chi connectivity index (χ4v) is 0.590. The van der Waals surface area contributed by atoms with Crippen LogP contribution in [0.2, 0.25) is 0 Å². The van der Waals surface area contributed by atoms with Gasteiger partial charge in [0.25, 0.3) is 0 Å². The molecule has 0 atom stereocenters. The summed E-state index contributed by atoms with van der Waals surface area (Å²) in [7, 11) is 0. The zero-order valence-corrected chi connectivity index (χ0v) is 8.46. The van der Waals surface area contributed by atoms with Crippen molar-refractivity contribution in [2.45, 2.75) is 39.0 Å². The Kier molecular flexibility index (Phi) is 15.5. The number of unbranched alkanes of at least 4 members (excludes halogenated alkanes) is 2. The number of carboxylic acids is 1. The summed E-state index contributed by atoms with van der Waals surface area (Å²) in [6, 6.07) is 0. The number of rotatable bonds is 6. The van der Waals surface area contributed by atoms with Crippen LogP contribution in [0.25, 0.3) is 0 Å². The van der Waals surface area contributed by atoms with E-state index in [4.69, 9.17) is 10.8 Å². The Labute approximate surface area is 80.6 Å². The minimum Gasteiger partial charge on any atom is -0.481 e. The largest absolute Gasteiger partial charge is 0.481 e. The molecule has 0 unspecified atom stereocenters. The van der Waals surface area contributed by atoms with E-state index in [-0.39, 0.29) is 0 Å². The van der Waals surface area contributed by atoms with Gasteiger partial charge in [-0.15, -0.1) is 6.58 Å². The lowest BCUT2D eigenvalue weighted by atomic mass is 10.3. The SMILES string of the molecule is C=CCCCN.CCCCC(=O)O. The van der Waals surface area contributed by atoms with Gasteiger partial charge in [-0.25, -0.2) is 0 Å². The summed E-state index contributed by atoms with van der Waals surface area (Å²) in [5.41, 5.74) is 5.17. The topological polar surface area (TPSA) is 63.3 Å². The van der Waals surface area contributed by atoms with Crippen molar-refractivity contribution in [2.75, 3.05) is 6.54 Å². The van der Waals surface area contributed by atoms with E-state index in [1.54, 1.807) is 0 Å². The fourth-order valence-electron chi connectivity index (χ4n) is 0.590. The molecule has 0 radical (unpaired) electrons. The summed E-state index contributed by atoms with van der Waals surface area (Å²) >= 11 is 0. The number of nitrogens with two attached hydrogens (primary N) is 1. The smallest absolute Gasteiger partial charge is 0.303 e. The third-order valence-corrected chi connectivity index (χ3v) is 1.36. The zero-order chi connectivity index (χ0) is 10.5. The maximum atomic E-state index is 9.76. The van der Waals surface area contributed by atoms with Crippen LogP contribution in [-0.4, -0.2) is 17.6 Å². The van der Waals surface area contributed by atoms with Crippen LogP contribution >= 0.6 is 0 Å². The molecule has 0 aromatic rings. The molecular weight excluding hydrogens is 166 g/mol. The summed E-state index contributed by atoms with van der Waals surface area (Å²) in [5, 5.41) is 8.04. The van der Waals surface area contributed by atoms with Gasteiger partial charge in [0.1, 0.15) is 0 Å². The molecule has 78 valence electrons. The van der Waals surface area contributed by atoms with E-state index < -0.39 is 5.97 Å². The average Bonchev–Trinajstić information content (AvgIpc) is 2.12. The van der Waals surface area contributed by atoms with Crippen LogP contribution < -0.4 is 5.73 Å². The molecule has 3 heteroatoms. The first kappa shape index (κ1) is 14.7. The Morgan fingerprint density at radius 3 is 2.31 bits per heavy atom. The molecule has 0 bridgehead atoms. The molecule has 0 aliphatic carbocycles. The van der Waals surface area contributed by atoms with Crippen LogP contribution in [0, 0.1) is 0 Å². The summed E-state index contributed by atoms with van der Waals surface area (Å²) in [4.78, 5) is 9.76. The maximum Gasteiger partial charge on any atom is 0.303 e. The molecule has 0 heterocycles. The van der Waals surface area contributed by atoms with Gasteiger partial charge in [-0.2, -0.15) is 0 Å². The second-order valence-electron chi connectivity index (χ2n) is 2.72. The van der Waals surface area contributed by atoms with Gasteiger partial charge in [-0.1, -0.05) is 19.4 Å². The molecule has 3 nitrogen and oxygen atoms in total. The van der Waals surface area contributed by atoms with Gasteiger partial charge in [0.2, 0.25) is 0 Å². The molecule has 0 fully saturated rings. The highest BCUT2D eigenvalue weighted by atomic mass is 16.4. The number of carbonyl (C=O) groups is 1. The van der Waals surface area contributed by atoms with Gasteiger partial charge in [0, 0.05) is 6.42 Å². The number of hydrogen-bond donors (Lipinski definition) is 2. The van der Waals surface area contributed by atoms with Crippen molar-refractivity contribution < 1.29 is 9.90 Å². The molecule has 0 aromatic carbocycles. The van der Waals surface area contributed by atoms with Gasteiger partial charge >= 0.3 is 5.97 Å². The van der Waals surface area contributed by atoms with E-state index in [9.17, 15) is 4.79 Å². The molecule has 0 spiro atoms. The molecule has 0 saturated heterocycles. The van der Waals surface area contributed by atoms with E-state index in [0.29, 0.717) is 6.42 Å². The van der Waals surface area contributed by atoms with Crippen LogP contribution in [0.15, 0.2) is 12.7 Å². The Balaban J connectivity index is 0. The molecule has 0 aliphatic rings. The van der Waals surface area contributed by atoms with E-state index in [2.05, 4.69) is 6.58 Å². The monoisotopic (exact) mass is 187 g/mol. The Morgan fingerprint density at radius 2 is 2.15 bits per heavy atom. The average molecular weight is 187 g/mol. The van der Waals surface area contributed by atoms with Crippen molar-refractivity contribution in [3.05, 3.63) is 12.7 Å². The standard InChI is InChI=1S/C5H11N.C5H10O2/c1-2-3-4-5-6;1-2-3-4-5(6)7/h2H,1,3-6H2;2-4H2,1H3,(H,6,7). The lowest BCUT2D eigenvalue weighted by Gasteiger charge is -1.85. The third kappa shape index (κ3) is 24.7. The second kappa shape index (κ2) is 13.7. The Bertz CT molecular complexity index is 124. The van der Waals surface area contributed by atoms with Crippen LogP contribution in [0.5, 0.6) is 0 Å². The minimum atomic E-state index is -0.693. The van der Waals surface area contributed by atoms with Crippen molar-refractivity contribution in [1.29, 1.82) is 0 Å². The fraction of sp³-hybridized carbons (Fsp3) is 0.700. The first-order valence-corrected chi connectivity index (χ1v) is 4.71. The summed E-state index contributed by atoms with van der Waals surface area (Å²) in [6.45, 7) is 6.30. The summed E-state index contributed by atoms with van der Waals surface area (Å²) in [6.07, 6.45) is 6.09. The predicted octanol–water partition coefficient (Wildman–Crippen LogP) is 2.17. The molecule has 0 rings (SSSR count). The molecule has 0 amide bonds. The van der Waals surface area contributed by atoms with Crippen molar-refractivity contribution in [2.24, 2.45) is 5.73 Å².